The Labute approximate surface area is 130 Å². The van der Waals surface area contributed by atoms with Crippen LogP contribution in [-0.2, 0) is 4.79 Å². The lowest BCUT2D eigenvalue weighted by Gasteiger charge is -2.36. The minimum atomic E-state index is -0.873. The third kappa shape index (κ3) is 3.59. The number of carboxylic acids is 1. The van der Waals surface area contributed by atoms with Gasteiger partial charge >= 0.3 is 5.97 Å². The molecule has 1 aliphatic rings. The van der Waals surface area contributed by atoms with E-state index in [9.17, 15) is 14.0 Å². The Morgan fingerprint density at radius 1 is 1.29 bits per heavy atom. The van der Waals surface area contributed by atoms with E-state index in [4.69, 9.17) is 5.11 Å². The molecule has 0 saturated carbocycles. The van der Waals surface area contributed by atoms with Crippen LogP contribution in [0.15, 0.2) is 22.7 Å². The Hall–Kier alpha value is -1.47. The SMILES string of the molecule is CC(C(=O)O)N1CCN(C(=O)c2cc(F)ccc2Br)CC1. The van der Waals surface area contributed by atoms with E-state index in [1.54, 1.807) is 11.8 Å². The summed E-state index contributed by atoms with van der Waals surface area (Å²) in [5, 5.41) is 8.98. The van der Waals surface area contributed by atoms with Crippen molar-refractivity contribution in [3.63, 3.8) is 0 Å². The quantitative estimate of drug-likeness (QED) is 0.895. The Morgan fingerprint density at radius 3 is 2.48 bits per heavy atom. The van der Waals surface area contributed by atoms with E-state index in [1.807, 2.05) is 4.90 Å². The molecular weight excluding hydrogens is 343 g/mol. The number of carbonyl (C=O) groups is 2. The molecule has 0 radical (unpaired) electrons. The lowest BCUT2D eigenvalue weighted by molar-refractivity contribution is -0.143. The van der Waals surface area contributed by atoms with Crippen molar-refractivity contribution in [1.29, 1.82) is 0 Å². The molecule has 0 bridgehead atoms. The first-order chi connectivity index (χ1) is 9.90. The number of benzene rings is 1. The van der Waals surface area contributed by atoms with Crippen molar-refractivity contribution in [2.45, 2.75) is 13.0 Å². The van der Waals surface area contributed by atoms with Gasteiger partial charge in [0.2, 0.25) is 0 Å². The normalized spacial score (nSPS) is 17.6. The van der Waals surface area contributed by atoms with Gasteiger partial charge in [0.1, 0.15) is 11.9 Å². The molecule has 21 heavy (non-hydrogen) atoms. The van der Waals surface area contributed by atoms with E-state index in [-0.39, 0.29) is 11.5 Å². The van der Waals surface area contributed by atoms with Crippen LogP contribution in [0, 0.1) is 5.82 Å². The minimum Gasteiger partial charge on any atom is -0.480 e. The smallest absolute Gasteiger partial charge is 0.320 e. The molecule has 1 heterocycles. The highest BCUT2D eigenvalue weighted by atomic mass is 79.9. The van der Waals surface area contributed by atoms with Crippen LogP contribution in [0.25, 0.3) is 0 Å². The van der Waals surface area contributed by atoms with Gasteiger partial charge in [-0.2, -0.15) is 0 Å². The third-order valence-electron chi connectivity index (χ3n) is 3.67. The molecule has 1 aromatic carbocycles. The second-order valence-electron chi connectivity index (χ2n) is 4.97. The summed E-state index contributed by atoms with van der Waals surface area (Å²) in [6.45, 7) is 3.47. The largest absolute Gasteiger partial charge is 0.480 e. The second kappa shape index (κ2) is 6.53. The lowest BCUT2D eigenvalue weighted by atomic mass is 10.1. The molecule has 1 aromatic rings. The molecule has 1 atom stereocenters. The van der Waals surface area contributed by atoms with Gasteiger partial charge in [0, 0.05) is 30.7 Å². The summed E-state index contributed by atoms with van der Waals surface area (Å²) in [6, 6.07) is 3.43. The third-order valence-corrected chi connectivity index (χ3v) is 4.36. The van der Waals surface area contributed by atoms with E-state index in [0.717, 1.165) is 0 Å². The fraction of sp³-hybridized carbons (Fsp3) is 0.429. The van der Waals surface area contributed by atoms with Crippen molar-refractivity contribution in [2.75, 3.05) is 26.2 Å². The van der Waals surface area contributed by atoms with Crippen LogP contribution in [-0.4, -0.2) is 59.0 Å². The highest BCUT2D eigenvalue weighted by Gasteiger charge is 2.28. The number of carboxylic acid groups (broad SMARTS) is 1. The number of piperazine rings is 1. The number of hydrogen-bond donors (Lipinski definition) is 1. The molecule has 2 rings (SSSR count). The highest BCUT2D eigenvalue weighted by molar-refractivity contribution is 9.10. The van der Waals surface area contributed by atoms with Crippen LogP contribution in [0.5, 0.6) is 0 Å². The number of aliphatic carboxylic acids is 1. The first kappa shape index (κ1) is 15.9. The summed E-state index contributed by atoms with van der Waals surface area (Å²) in [7, 11) is 0. The molecule has 7 heteroatoms. The van der Waals surface area contributed by atoms with E-state index in [1.165, 1.54) is 18.2 Å². The van der Waals surface area contributed by atoms with Crippen LogP contribution in [0.3, 0.4) is 0 Å². The average molecular weight is 359 g/mol. The molecule has 0 aromatic heterocycles. The molecule has 1 amide bonds. The van der Waals surface area contributed by atoms with Gasteiger partial charge < -0.3 is 10.0 Å². The summed E-state index contributed by atoms with van der Waals surface area (Å²) in [5.74, 6) is -1.58. The zero-order valence-electron chi connectivity index (χ0n) is 11.6. The fourth-order valence-corrected chi connectivity index (χ4v) is 2.72. The minimum absolute atomic E-state index is 0.246. The molecule has 1 fully saturated rings. The van der Waals surface area contributed by atoms with Crippen molar-refractivity contribution in [3.8, 4) is 0 Å². The molecule has 1 saturated heterocycles. The van der Waals surface area contributed by atoms with Crippen molar-refractivity contribution in [3.05, 3.63) is 34.1 Å². The first-order valence-corrected chi connectivity index (χ1v) is 7.40. The van der Waals surface area contributed by atoms with Crippen LogP contribution < -0.4 is 0 Å². The summed E-state index contributed by atoms with van der Waals surface area (Å²) < 4.78 is 13.8. The van der Waals surface area contributed by atoms with Gasteiger partial charge in [-0.25, -0.2) is 4.39 Å². The summed E-state index contributed by atoms with van der Waals surface area (Å²) in [6.07, 6.45) is 0. The van der Waals surface area contributed by atoms with Crippen LogP contribution in [0.2, 0.25) is 0 Å². The zero-order chi connectivity index (χ0) is 15.6. The fourth-order valence-electron chi connectivity index (χ4n) is 2.30. The molecule has 5 nitrogen and oxygen atoms in total. The van der Waals surface area contributed by atoms with Gasteiger partial charge in [0.05, 0.1) is 5.56 Å². The Morgan fingerprint density at radius 2 is 1.90 bits per heavy atom. The van der Waals surface area contributed by atoms with Crippen LogP contribution >= 0.6 is 15.9 Å². The van der Waals surface area contributed by atoms with E-state index < -0.39 is 17.8 Å². The summed E-state index contributed by atoms with van der Waals surface area (Å²) in [5.41, 5.74) is 0.287. The number of carbonyl (C=O) groups excluding carboxylic acids is 1. The average Bonchev–Trinajstić information content (AvgIpc) is 2.48. The maximum Gasteiger partial charge on any atom is 0.320 e. The van der Waals surface area contributed by atoms with Crippen LogP contribution in [0.4, 0.5) is 4.39 Å². The number of hydrogen-bond acceptors (Lipinski definition) is 3. The van der Waals surface area contributed by atoms with E-state index >= 15 is 0 Å². The monoisotopic (exact) mass is 358 g/mol. The van der Waals surface area contributed by atoms with Gasteiger partial charge in [-0.05, 0) is 41.1 Å². The van der Waals surface area contributed by atoms with E-state index in [2.05, 4.69) is 15.9 Å². The second-order valence-corrected chi connectivity index (χ2v) is 5.82. The standard InChI is InChI=1S/C14H16BrFN2O3/c1-9(14(20)21)17-4-6-18(7-5-17)13(19)11-8-10(16)2-3-12(11)15/h2-3,8-9H,4-7H2,1H3,(H,20,21). The molecule has 0 spiro atoms. The summed E-state index contributed by atoms with van der Waals surface area (Å²) >= 11 is 3.25. The molecule has 0 aliphatic carbocycles. The number of halogens is 2. The molecule has 1 aliphatic heterocycles. The Bertz CT molecular complexity index is 559. The van der Waals surface area contributed by atoms with Gasteiger partial charge in [-0.1, -0.05) is 0 Å². The Balaban J connectivity index is 2.03. The maximum atomic E-state index is 13.3. The Kier molecular flexibility index (Phi) is 4.95. The van der Waals surface area contributed by atoms with Crippen molar-refractivity contribution in [1.82, 2.24) is 9.80 Å². The molecule has 1 N–H and O–H groups in total. The van der Waals surface area contributed by atoms with Crippen molar-refractivity contribution in [2.24, 2.45) is 0 Å². The molecule has 114 valence electrons. The predicted molar refractivity (Wildman–Crippen MR) is 78.7 cm³/mol. The van der Waals surface area contributed by atoms with Gasteiger partial charge in [-0.15, -0.1) is 0 Å². The van der Waals surface area contributed by atoms with Gasteiger partial charge in [0.25, 0.3) is 5.91 Å². The highest BCUT2D eigenvalue weighted by Crippen LogP contribution is 2.20. The number of rotatable bonds is 3. The predicted octanol–water partition coefficient (Wildman–Crippen LogP) is 1.82. The number of nitrogens with zero attached hydrogens (tertiary/aromatic N) is 2. The van der Waals surface area contributed by atoms with E-state index in [0.29, 0.717) is 30.7 Å². The molecule has 1 unspecified atom stereocenters. The van der Waals surface area contributed by atoms with Gasteiger partial charge in [-0.3, -0.25) is 14.5 Å². The number of amides is 1. The lowest BCUT2D eigenvalue weighted by Crippen LogP contribution is -2.53. The molecular formula is C14H16BrFN2O3. The van der Waals surface area contributed by atoms with Crippen molar-refractivity contribution >= 4 is 27.8 Å². The zero-order valence-corrected chi connectivity index (χ0v) is 13.1. The maximum absolute atomic E-state index is 13.3. The van der Waals surface area contributed by atoms with Gasteiger partial charge in [0.15, 0.2) is 0 Å². The summed E-state index contributed by atoms with van der Waals surface area (Å²) in [4.78, 5) is 26.8. The first-order valence-electron chi connectivity index (χ1n) is 6.61. The van der Waals surface area contributed by atoms with Crippen molar-refractivity contribution < 1.29 is 19.1 Å². The van der Waals surface area contributed by atoms with Crippen LogP contribution in [0.1, 0.15) is 17.3 Å². The topological polar surface area (TPSA) is 60.9 Å².